The van der Waals surface area contributed by atoms with Crippen molar-refractivity contribution in [2.75, 3.05) is 0 Å². The molecule has 172 valence electrons. The third kappa shape index (κ3) is 3.57. The number of nitriles is 1. The number of hydrogen-bond acceptors (Lipinski definition) is 8. The van der Waals surface area contributed by atoms with Gasteiger partial charge >= 0.3 is 6.18 Å². The first-order valence-corrected chi connectivity index (χ1v) is 10.4. The van der Waals surface area contributed by atoms with Gasteiger partial charge in [-0.1, -0.05) is 0 Å². The van der Waals surface area contributed by atoms with Gasteiger partial charge in [0.25, 0.3) is 5.56 Å². The number of aromatic amines is 1. The van der Waals surface area contributed by atoms with Crippen LogP contribution < -0.4 is 5.56 Å². The maximum atomic E-state index is 12.9. The molecule has 1 fully saturated rings. The summed E-state index contributed by atoms with van der Waals surface area (Å²) in [5.41, 5.74) is -1.47. The normalized spacial score (nSPS) is 18.9. The van der Waals surface area contributed by atoms with E-state index in [2.05, 4.69) is 35.0 Å². The van der Waals surface area contributed by atoms with Crippen molar-refractivity contribution in [3.8, 4) is 6.07 Å². The molecule has 4 aromatic heterocycles. The Hall–Kier alpha value is -4.21. The van der Waals surface area contributed by atoms with Crippen molar-refractivity contribution in [3.05, 3.63) is 69.9 Å². The average Bonchev–Trinajstić information content (AvgIpc) is 3.17. The number of nitrogens with zero attached hydrogens (tertiary/aromatic N) is 8. The smallest absolute Gasteiger partial charge is 0.310 e. The molecule has 0 saturated heterocycles. The fourth-order valence-electron chi connectivity index (χ4n) is 4.05. The molecule has 0 amide bonds. The van der Waals surface area contributed by atoms with Crippen LogP contribution in [0.2, 0.25) is 0 Å². The van der Waals surface area contributed by atoms with Crippen LogP contribution in [0.1, 0.15) is 66.4 Å². The largest absolute Gasteiger partial charge is 0.434 e. The third-order valence-corrected chi connectivity index (χ3v) is 5.99. The highest BCUT2D eigenvalue weighted by molar-refractivity contribution is 5.80. The second-order valence-electron chi connectivity index (χ2n) is 7.95. The minimum absolute atomic E-state index is 0.00445. The predicted octanol–water partition coefficient (Wildman–Crippen LogP) is 2.86. The topological polar surface area (TPSA) is 139 Å². The summed E-state index contributed by atoms with van der Waals surface area (Å²) in [4.78, 5) is 36.2. The van der Waals surface area contributed by atoms with Gasteiger partial charge in [-0.3, -0.25) is 9.78 Å². The van der Waals surface area contributed by atoms with Crippen molar-refractivity contribution in [1.82, 2.24) is 39.7 Å². The Balaban J connectivity index is 1.57. The Bertz CT molecular complexity index is 1460. The van der Waals surface area contributed by atoms with E-state index in [0.717, 1.165) is 19.0 Å². The van der Waals surface area contributed by atoms with Gasteiger partial charge in [0, 0.05) is 24.2 Å². The van der Waals surface area contributed by atoms with E-state index >= 15 is 0 Å². The van der Waals surface area contributed by atoms with Gasteiger partial charge in [0.2, 0.25) is 0 Å². The number of fused-ring (bicyclic) bond motifs is 1. The molecular formula is C21H16F3N9O. The summed E-state index contributed by atoms with van der Waals surface area (Å²) >= 11 is 0. The first-order chi connectivity index (χ1) is 16.3. The summed E-state index contributed by atoms with van der Waals surface area (Å²) in [6.07, 6.45) is 1.90. The summed E-state index contributed by atoms with van der Waals surface area (Å²) in [6, 6.07) is 2.86. The molecule has 34 heavy (non-hydrogen) atoms. The monoisotopic (exact) mass is 467 g/mol. The first-order valence-electron chi connectivity index (χ1n) is 10.4. The van der Waals surface area contributed by atoms with E-state index in [0.29, 0.717) is 17.8 Å². The highest BCUT2D eigenvalue weighted by Gasteiger charge is 2.38. The number of aromatic nitrogens is 8. The van der Waals surface area contributed by atoms with Crippen molar-refractivity contribution in [3.63, 3.8) is 0 Å². The molecule has 3 atom stereocenters. The highest BCUT2D eigenvalue weighted by Crippen LogP contribution is 2.46. The fourth-order valence-corrected chi connectivity index (χ4v) is 4.05. The Labute approximate surface area is 189 Å². The van der Waals surface area contributed by atoms with Crippen LogP contribution in [0.5, 0.6) is 0 Å². The number of hydrogen-bond donors (Lipinski definition) is 1. The highest BCUT2D eigenvalue weighted by atomic mass is 19.4. The maximum Gasteiger partial charge on any atom is 0.434 e. The predicted molar refractivity (Wildman–Crippen MR) is 110 cm³/mol. The summed E-state index contributed by atoms with van der Waals surface area (Å²) in [5.74, 6) is 0.917. The van der Waals surface area contributed by atoms with Crippen LogP contribution in [0.3, 0.4) is 0 Å². The average molecular weight is 467 g/mol. The van der Waals surface area contributed by atoms with Crippen LogP contribution in [0.25, 0.3) is 11.0 Å². The molecule has 0 unspecified atom stereocenters. The number of H-pyrrole nitrogens is 1. The van der Waals surface area contributed by atoms with E-state index < -0.39 is 23.5 Å². The van der Waals surface area contributed by atoms with Gasteiger partial charge in [0.1, 0.15) is 23.1 Å². The van der Waals surface area contributed by atoms with Gasteiger partial charge in [-0.05, 0) is 25.8 Å². The van der Waals surface area contributed by atoms with Crippen molar-refractivity contribution < 1.29 is 13.2 Å². The molecule has 1 saturated carbocycles. The molecule has 5 rings (SSSR count). The Morgan fingerprint density at radius 2 is 1.88 bits per heavy atom. The van der Waals surface area contributed by atoms with Crippen LogP contribution in [0.15, 0.2) is 35.6 Å². The summed E-state index contributed by atoms with van der Waals surface area (Å²) in [5, 5.41) is 13.7. The fraction of sp³-hybridized carbons (Fsp3) is 0.333. The molecule has 0 spiro atoms. The molecule has 4 heterocycles. The Morgan fingerprint density at radius 1 is 1.15 bits per heavy atom. The Morgan fingerprint density at radius 3 is 2.47 bits per heavy atom. The summed E-state index contributed by atoms with van der Waals surface area (Å²) in [6.45, 7) is 1.62. The second-order valence-corrected chi connectivity index (χ2v) is 7.95. The van der Waals surface area contributed by atoms with Crippen molar-refractivity contribution in [2.24, 2.45) is 0 Å². The number of halogens is 3. The van der Waals surface area contributed by atoms with E-state index in [4.69, 9.17) is 0 Å². The lowest BCUT2D eigenvalue weighted by atomic mass is 9.72. The SMILES string of the molecule is C[C@H](c1cnc(C(F)(F)F)cn1)n1nc(C#N)c2c(=O)[nH]c([C@H]3CC[C@@H]3c3ncccn3)nc21. The summed E-state index contributed by atoms with van der Waals surface area (Å²) in [7, 11) is 0. The van der Waals surface area contributed by atoms with Gasteiger partial charge in [0.15, 0.2) is 17.0 Å². The van der Waals surface area contributed by atoms with Gasteiger partial charge in [-0.15, -0.1) is 0 Å². The number of nitrogens with one attached hydrogen (secondary N) is 1. The molecule has 0 bridgehead atoms. The standard InChI is InChI=1S/C21H16F3N9O/c1-10(14-8-29-15(9-28-14)21(22,23)24)33-19-16(13(7-25)32-33)20(34)31-18(30-19)12-4-3-11(12)17-26-5-2-6-27-17/h2,5-6,8-12H,3-4H2,1H3,(H,30,31,34)/t10-,11+,12+/m1/s1. The zero-order valence-corrected chi connectivity index (χ0v) is 17.7. The van der Waals surface area contributed by atoms with Crippen LogP contribution in [0.4, 0.5) is 13.2 Å². The molecule has 1 aliphatic carbocycles. The Kier molecular flexibility index (Phi) is 5.07. The van der Waals surface area contributed by atoms with Gasteiger partial charge < -0.3 is 4.98 Å². The molecule has 13 heteroatoms. The van der Waals surface area contributed by atoms with Crippen molar-refractivity contribution in [1.29, 1.82) is 5.26 Å². The lowest BCUT2D eigenvalue weighted by Gasteiger charge is -2.34. The van der Waals surface area contributed by atoms with Crippen molar-refractivity contribution >= 4 is 11.0 Å². The lowest BCUT2D eigenvalue weighted by molar-refractivity contribution is -0.141. The first kappa shape index (κ1) is 21.6. The van der Waals surface area contributed by atoms with E-state index in [1.165, 1.54) is 4.68 Å². The van der Waals surface area contributed by atoms with Crippen LogP contribution in [-0.2, 0) is 6.18 Å². The minimum Gasteiger partial charge on any atom is -0.310 e. The number of alkyl halides is 3. The number of rotatable bonds is 4. The van der Waals surface area contributed by atoms with Crippen molar-refractivity contribution in [2.45, 2.75) is 43.8 Å². The van der Waals surface area contributed by atoms with Gasteiger partial charge in [0.05, 0.1) is 24.1 Å². The van der Waals surface area contributed by atoms with Crippen LogP contribution >= 0.6 is 0 Å². The van der Waals surface area contributed by atoms with Gasteiger partial charge in [-0.2, -0.15) is 23.5 Å². The molecular weight excluding hydrogens is 451 g/mol. The molecule has 0 radical (unpaired) electrons. The maximum absolute atomic E-state index is 12.9. The lowest BCUT2D eigenvalue weighted by Crippen LogP contribution is -2.28. The van der Waals surface area contributed by atoms with E-state index in [1.54, 1.807) is 25.4 Å². The quantitative estimate of drug-likeness (QED) is 0.483. The van der Waals surface area contributed by atoms with Crippen LogP contribution in [-0.4, -0.2) is 39.7 Å². The second kappa shape index (κ2) is 7.98. The molecule has 1 N–H and O–H groups in total. The van der Waals surface area contributed by atoms with E-state index in [1.807, 2.05) is 6.07 Å². The molecule has 1 aliphatic rings. The third-order valence-electron chi connectivity index (χ3n) is 5.99. The zero-order chi connectivity index (χ0) is 24.0. The van der Waals surface area contributed by atoms with E-state index in [9.17, 15) is 23.2 Å². The van der Waals surface area contributed by atoms with E-state index in [-0.39, 0.29) is 34.3 Å². The van der Waals surface area contributed by atoms with Crippen LogP contribution in [0, 0.1) is 11.3 Å². The molecule has 4 aromatic rings. The molecule has 0 aromatic carbocycles. The zero-order valence-electron chi connectivity index (χ0n) is 17.7. The molecule has 10 nitrogen and oxygen atoms in total. The summed E-state index contributed by atoms with van der Waals surface area (Å²) < 4.78 is 39.9. The minimum atomic E-state index is -4.62. The molecule has 0 aliphatic heterocycles. The van der Waals surface area contributed by atoms with Gasteiger partial charge in [-0.25, -0.2) is 24.6 Å².